The van der Waals surface area contributed by atoms with Gasteiger partial charge in [-0.3, -0.25) is 0 Å². The van der Waals surface area contributed by atoms with Gasteiger partial charge in [0.25, 0.3) is 0 Å². The van der Waals surface area contributed by atoms with Crippen molar-refractivity contribution >= 4 is 22.3 Å². The second-order valence-electron chi connectivity index (χ2n) is 2.64. The Kier molecular flexibility index (Phi) is 7.41. The average Bonchev–Trinajstić information content (AvgIpc) is 1.97. The fraction of sp³-hybridized carbons (Fsp3) is 1.00. The first kappa shape index (κ1) is 12.2. The third-order valence-corrected chi connectivity index (χ3v) is 6.05. The van der Waals surface area contributed by atoms with Crippen LogP contribution >= 0.6 is 22.3 Å². The SMILES string of the molecule is CCC[CH2][Ni]([SH])([SH])[CH2]CCC. The van der Waals surface area contributed by atoms with Crippen molar-refractivity contribution in [1.29, 1.82) is 0 Å². The molecule has 0 radical (unpaired) electrons. The molecule has 0 saturated heterocycles. The maximum absolute atomic E-state index is 4.61. The summed E-state index contributed by atoms with van der Waals surface area (Å²) in [6.07, 6.45) is 5.11. The molecule has 0 saturated carbocycles. The van der Waals surface area contributed by atoms with Gasteiger partial charge in [0.05, 0.1) is 0 Å². The van der Waals surface area contributed by atoms with Crippen molar-refractivity contribution in [3.05, 3.63) is 0 Å². The van der Waals surface area contributed by atoms with Gasteiger partial charge in [0.15, 0.2) is 0 Å². The standard InChI is InChI=1S/2C4H9.Ni.2H2S/c2*1-3-4-2;;;/h2*1,3-4H2,2H3;;2*1H2/q;;+2;;/p-2. The molecule has 11 heavy (non-hydrogen) atoms. The number of rotatable bonds is 6. The van der Waals surface area contributed by atoms with Crippen LogP contribution in [0.5, 0.6) is 0 Å². The van der Waals surface area contributed by atoms with Crippen LogP contribution in [0, 0.1) is 0 Å². The van der Waals surface area contributed by atoms with Crippen LogP contribution in [0.2, 0.25) is 10.8 Å². The topological polar surface area (TPSA) is 0 Å². The van der Waals surface area contributed by atoms with Gasteiger partial charge in [0, 0.05) is 0 Å². The molecule has 0 nitrogen and oxygen atoms in total. The predicted octanol–water partition coefficient (Wildman–Crippen LogP) is 4.27. The van der Waals surface area contributed by atoms with E-state index < -0.39 is 10.2 Å². The fourth-order valence-electron chi connectivity index (χ4n) is 0.661. The number of unbranched alkanes of at least 4 members (excludes halogenated alkanes) is 2. The minimum atomic E-state index is -0.918. The quantitative estimate of drug-likeness (QED) is 0.502. The zero-order valence-electron chi connectivity index (χ0n) is 7.45. The molecule has 74 valence electrons. The maximum atomic E-state index is 4.61. The Balaban J connectivity index is 3.43. The van der Waals surface area contributed by atoms with E-state index in [9.17, 15) is 0 Å². The van der Waals surface area contributed by atoms with E-state index in [-0.39, 0.29) is 0 Å². The molecule has 0 spiro atoms. The van der Waals surface area contributed by atoms with Crippen LogP contribution in [0.15, 0.2) is 0 Å². The third kappa shape index (κ3) is 7.55. The first-order valence-corrected chi connectivity index (χ1v) is 8.76. The summed E-state index contributed by atoms with van der Waals surface area (Å²) in [7, 11) is -0.918. The van der Waals surface area contributed by atoms with Crippen molar-refractivity contribution in [3.8, 4) is 0 Å². The van der Waals surface area contributed by atoms with Gasteiger partial charge < -0.3 is 0 Å². The first-order valence-electron chi connectivity index (χ1n) is 4.14. The molecule has 0 fully saturated rings. The van der Waals surface area contributed by atoms with E-state index in [4.69, 9.17) is 0 Å². The normalized spacial score (nSPS) is 13.5. The summed E-state index contributed by atoms with van der Waals surface area (Å²) >= 11 is 9.23. The van der Waals surface area contributed by atoms with E-state index in [1.807, 2.05) is 0 Å². The number of hydrogen-bond acceptors (Lipinski definition) is 2. The van der Waals surface area contributed by atoms with Gasteiger partial charge >= 0.3 is 82.8 Å². The molecule has 0 atom stereocenters. The molecule has 0 amide bonds. The van der Waals surface area contributed by atoms with Crippen LogP contribution in [-0.2, 0) is 10.2 Å². The molecule has 0 unspecified atom stereocenters. The molecule has 0 aromatic rings. The minimum absolute atomic E-state index is 0.918. The summed E-state index contributed by atoms with van der Waals surface area (Å²) in [5.74, 6) is 0. The van der Waals surface area contributed by atoms with Crippen molar-refractivity contribution in [1.82, 2.24) is 0 Å². The number of thiol groups is 2. The van der Waals surface area contributed by atoms with Gasteiger partial charge in [-0.25, -0.2) is 0 Å². The third-order valence-electron chi connectivity index (χ3n) is 1.44. The molecule has 0 bridgehead atoms. The van der Waals surface area contributed by atoms with Crippen LogP contribution in [0.3, 0.4) is 0 Å². The monoisotopic (exact) mass is 238 g/mol. The zero-order chi connectivity index (χ0) is 8.74. The zero-order valence-corrected chi connectivity index (χ0v) is 10.2. The van der Waals surface area contributed by atoms with Crippen molar-refractivity contribution < 1.29 is 10.2 Å². The molecular formula is C8H20NiS2. The van der Waals surface area contributed by atoms with Crippen LogP contribution < -0.4 is 0 Å². The molecule has 3 heteroatoms. The van der Waals surface area contributed by atoms with Crippen LogP contribution in [-0.4, -0.2) is 0 Å². The Morgan fingerprint density at radius 1 is 0.909 bits per heavy atom. The summed E-state index contributed by atoms with van der Waals surface area (Å²) in [5.41, 5.74) is 0. The van der Waals surface area contributed by atoms with E-state index in [2.05, 4.69) is 36.1 Å². The van der Waals surface area contributed by atoms with E-state index in [1.54, 1.807) is 0 Å². The molecule has 0 rings (SSSR count). The summed E-state index contributed by atoms with van der Waals surface area (Å²) in [4.78, 5) is 0. The Labute approximate surface area is 82.7 Å². The van der Waals surface area contributed by atoms with Crippen LogP contribution in [0.4, 0.5) is 0 Å². The van der Waals surface area contributed by atoms with Gasteiger partial charge in [-0.05, 0) is 0 Å². The van der Waals surface area contributed by atoms with Gasteiger partial charge in [-0.15, -0.1) is 0 Å². The summed E-state index contributed by atoms with van der Waals surface area (Å²) in [5, 5.41) is 2.46. The number of hydrogen-bond donors (Lipinski definition) is 2. The van der Waals surface area contributed by atoms with Gasteiger partial charge in [-0.1, -0.05) is 0 Å². The Hall–Kier alpha value is 1.19. The van der Waals surface area contributed by atoms with Crippen LogP contribution in [0.25, 0.3) is 0 Å². The predicted molar refractivity (Wildman–Crippen MR) is 57.4 cm³/mol. The average molecular weight is 239 g/mol. The van der Waals surface area contributed by atoms with Crippen molar-refractivity contribution in [3.63, 3.8) is 0 Å². The summed E-state index contributed by atoms with van der Waals surface area (Å²) in [6.45, 7) is 4.44. The molecule has 0 aromatic heterocycles. The van der Waals surface area contributed by atoms with E-state index >= 15 is 0 Å². The van der Waals surface area contributed by atoms with Crippen LogP contribution in [0.1, 0.15) is 39.5 Å². The van der Waals surface area contributed by atoms with Gasteiger partial charge in [0.2, 0.25) is 0 Å². The molecule has 0 heterocycles. The molecule has 0 aliphatic carbocycles. The Morgan fingerprint density at radius 3 is 1.55 bits per heavy atom. The van der Waals surface area contributed by atoms with E-state index in [0.717, 1.165) is 0 Å². The molecular weight excluding hydrogens is 219 g/mol. The van der Waals surface area contributed by atoms with Gasteiger partial charge in [-0.2, -0.15) is 0 Å². The van der Waals surface area contributed by atoms with E-state index in [0.29, 0.717) is 0 Å². The summed E-state index contributed by atoms with van der Waals surface area (Å²) < 4.78 is 0. The van der Waals surface area contributed by atoms with E-state index in [1.165, 1.54) is 36.5 Å². The first-order chi connectivity index (χ1) is 5.12. The van der Waals surface area contributed by atoms with Gasteiger partial charge in [0.1, 0.15) is 0 Å². The second-order valence-corrected chi connectivity index (χ2v) is 11.0. The van der Waals surface area contributed by atoms with Crippen molar-refractivity contribution in [2.75, 3.05) is 0 Å². The fourth-order valence-corrected chi connectivity index (χ4v) is 4.37. The Bertz CT molecular complexity index is 84.1. The molecule has 0 N–H and O–H groups in total. The molecule has 0 aliphatic rings. The second kappa shape index (κ2) is 6.68. The molecule has 0 aromatic carbocycles. The Morgan fingerprint density at radius 2 is 1.27 bits per heavy atom. The van der Waals surface area contributed by atoms with Crippen molar-refractivity contribution in [2.24, 2.45) is 0 Å². The molecule has 0 aliphatic heterocycles. The van der Waals surface area contributed by atoms with Crippen molar-refractivity contribution in [2.45, 2.75) is 50.3 Å². The summed E-state index contributed by atoms with van der Waals surface area (Å²) in [6, 6.07) is 0.